The van der Waals surface area contributed by atoms with Gasteiger partial charge in [-0.2, -0.15) is 5.10 Å². The van der Waals surface area contributed by atoms with Crippen molar-refractivity contribution < 1.29 is 0 Å². The molecule has 2 aromatic carbocycles. The summed E-state index contributed by atoms with van der Waals surface area (Å²) in [5.74, 6) is 0. The average molecular weight is 387 g/mol. The van der Waals surface area contributed by atoms with Crippen LogP contribution in [-0.4, -0.2) is 5.71 Å². The molecule has 1 atom stereocenters. The second-order valence-corrected chi connectivity index (χ2v) is 7.88. The fraction of sp³-hybridized carbons (Fsp3) is 0.150. The lowest BCUT2D eigenvalue weighted by Gasteiger charge is -2.23. The van der Waals surface area contributed by atoms with Crippen LogP contribution < -0.4 is 5.01 Å². The molecule has 3 aromatic rings. The number of nitrogens with zero attached hydrogens (tertiary/aromatic N) is 2. The van der Waals surface area contributed by atoms with Gasteiger partial charge in [0.25, 0.3) is 0 Å². The Morgan fingerprint density at radius 3 is 2.52 bits per heavy atom. The first kappa shape index (κ1) is 16.6. The number of benzene rings is 2. The van der Waals surface area contributed by atoms with Gasteiger partial charge in [-0.05, 0) is 42.1 Å². The maximum atomic E-state index is 6.23. The highest BCUT2D eigenvalue weighted by molar-refractivity contribution is 7.10. The maximum absolute atomic E-state index is 6.23. The number of anilines is 1. The van der Waals surface area contributed by atoms with Gasteiger partial charge in [-0.15, -0.1) is 11.3 Å². The van der Waals surface area contributed by atoms with E-state index in [1.165, 1.54) is 10.4 Å². The lowest BCUT2D eigenvalue weighted by molar-refractivity contribution is 0.722. The van der Waals surface area contributed by atoms with Crippen LogP contribution in [0.3, 0.4) is 0 Å². The lowest BCUT2D eigenvalue weighted by atomic mass is 10.0. The summed E-state index contributed by atoms with van der Waals surface area (Å²) in [4.78, 5) is 1.29. The highest BCUT2D eigenvalue weighted by atomic mass is 35.5. The number of hydrogen-bond acceptors (Lipinski definition) is 3. The minimum Gasteiger partial charge on any atom is -0.257 e. The van der Waals surface area contributed by atoms with E-state index in [0.29, 0.717) is 10.0 Å². The number of rotatable bonds is 3. The molecule has 0 aliphatic carbocycles. The molecule has 1 aromatic heterocycles. The van der Waals surface area contributed by atoms with Gasteiger partial charge in [0, 0.05) is 11.3 Å². The molecular weight excluding hydrogens is 371 g/mol. The van der Waals surface area contributed by atoms with E-state index in [0.717, 1.165) is 23.4 Å². The van der Waals surface area contributed by atoms with Gasteiger partial charge in [-0.1, -0.05) is 59.1 Å². The summed E-state index contributed by atoms with van der Waals surface area (Å²) in [6.07, 6.45) is 0.865. The molecule has 5 heteroatoms. The van der Waals surface area contributed by atoms with E-state index in [-0.39, 0.29) is 6.04 Å². The van der Waals surface area contributed by atoms with Crippen LogP contribution in [0.5, 0.6) is 0 Å². The normalized spacial score (nSPS) is 17.0. The smallest absolute Gasteiger partial charge is 0.0923 e. The van der Waals surface area contributed by atoms with Crippen molar-refractivity contribution in [2.24, 2.45) is 5.10 Å². The Labute approximate surface area is 161 Å². The fourth-order valence-electron chi connectivity index (χ4n) is 3.00. The van der Waals surface area contributed by atoms with E-state index in [1.807, 2.05) is 18.2 Å². The van der Waals surface area contributed by atoms with Gasteiger partial charge in [0.05, 0.1) is 27.5 Å². The molecule has 0 spiro atoms. The molecule has 0 saturated carbocycles. The van der Waals surface area contributed by atoms with Gasteiger partial charge in [-0.25, -0.2) is 0 Å². The van der Waals surface area contributed by atoms with E-state index >= 15 is 0 Å². The van der Waals surface area contributed by atoms with Crippen LogP contribution in [0, 0.1) is 6.92 Å². The Balaban J connectivity index is 1.75. The van der Waals surface area contributed by atoms with Gasteiger partial charge < -0.3 is 0 Å². The van der Waals surface area contributed by atoms with Crippen molar-refractivity contribution >= 4 is 45.9 Å². The first-order valence-electron chi connectivity index (χ1n) is 8.04. The van der Waals surface area contributed by atoms with Crippen LogP contribution in [0.2, 0.25) is 10.0 Å². The van der Waals surface area contributed by atoms with Crippen molar-refractivity contribution in [1.29, 1.82) is 0 Å². The quantitative estimate of drug-likeness (QED) is 0.487. The lowest BCUT2D eigenvalue weighted by Crippen LogP contribution is -2.17. The van der Waals surface area contributed by atoms with Crippen molar-refractivity contribution in [1.82, 2.24) is 0 Å². The highest BCUT2D eigenvalue weighted by Crippen LogP contribution is 2.40. The number of hydrazone groups is 1. The molecule has 0 fully saturated rings. The Bertz CT molecular complexity index is 917. The first-order valence-corrected chi connectivity index (χ1v) is 9.67. The predicted molar refractivity (Wildman–Crippen MR) is 108 cm³/mol. The van der Waals surface area contributed by atoms with Crippen LogP contribution in [0.4, 0.5) is 5.69 Å². The summed E-state index contributed by atoms with van der Waals surface area (Å²) < 4.78 is 0. The van der Waals surface area contributed by atoms with Gasteiger partial charge >= 0.3 is 0 Å². The Kier molecular flexibility index (Phi) is 4.55. The summed E-state index contributed by atoms with van der Waals surface area (Å²) in [6, 6.07) is 18.6. The van der Waals surface area contributed by atoms with Crippen molar-refractivity contribution in [2.75, 3.05) is 5.01 Å². The molecule has 2 heterocycles. The van der Waals surface area contributed by atoms with Crippen molar-refractivity contribution in [2.45, 2.75) is 19.4 Å². The summed E-state index contributed by atoms with van der Waals surface area (Å²) >= 11 is 14.1. The van der Waals surface area contributed by atoms with Crippen molar-refractivity contribution in [3.63, 3.8) is 0 Å². The average Bonchev–Trinajstić information content (AvgIpc) is 3.27. The van der Waals surface area contributed by atoms with Crippen LogP contribution in [0.1, 0.15) is 28.5 Å². The summed E-state index contributed by atoms with van der Waals surface area (Å²) in [5.41, 5.74) is 4.45. The molecular formula is C20H16Cl2N2S. The molecule has 0 unspecified atom stereocenters. The second kappa shape index (κ2) is 6.83. The molecule has 0 radical (unpaired) electrons. The van der Waals surface area contributed by atoms with Gasteiger partial charge in [0.2, 0.25) is 0 Å². The zero-order valence-corrected chi connectivity index (χ0v) is 15.9. The third kappa shape index (κ3) is 3.32. The predicted octanol–water partition coefficient (Wildman–Crippen LogP) is 6.72. The largest absolute Gasteiger partial charge is 0.257 e. The molecule has 0 bridgehead atoms. The zero-order chi connectivity index (χ0) is 17.4. The topological polar surface area (TPSA) is 15.6 Å². The van der Waals surface area contributed by atoms with Crippen LogP contribution in [-0.2, 0) is 0 Å². The molecule has 4 rings (SSSR count). The molecule has 0 amide bonds. The number of halogens is 2. The van der Waals surface area contributed by atoms with E-state index in [9.17, 15) is 0 Å². The monoisotopic (exact) mass is 386 g/mol. The van der Waals surface area contributed by atoms with E-state index in [4.69, 9.17) is 28.3 Å². The maximum Gasteiger partial charge on any atom is 0.0923 e. The second-order valence-electron chi connectivity index (χ2n) is 6.09. The van der Waals surface area contributed by atoms with Gasteiger partial charge in [-0.3, -0.25) is 5.01 Å². The van der Waals surface area contributed by atoms with E-state index in [1.54, 1.807) is 11.3 Å². The minimum atomic E-state index is 0.175. The van der Waals surface area contributed by atoms with E-state index in [2.05, 4.69) is 53.7 Å². The van der Waals surface area contributed by atoms with Crippen LogP contribution in [0.25, 0.3) is 0 Å². The van der Waals surface area contributed by atoms with E-state index < -0.39 is 0 Å². The van der Waals surface area contributed by atoms with Crippen molar-refractivity contribution in [3.8, 4) is 0 Å². The molecule has 126 valence electrons. The van der Waals surface area contributed by atoms with Crippen LogP contribution in [0.15, 0.2) is 65.1 Å². The first-order chi connectivity index (χ1) is 12.1. The Morgan fingerprint density at radius 1 is 1.04 bits per heavy atom. The van der Waals surface area contributed by atoms with Gasteiger partial charge in [0.1, 0.15) is 0 Å². The molecule has 0 saturated heterocycles. The molecule has 1 aliphatic heterocycles. The standard InChI is InChI=1S/C20H16Cl2N2S/c1-13-4-6-14(7-5-13)18-12-19(20-3-2-10-25-20)24(23-18)15-8-9-16(21)17(22)11-15/h2-11,19H,12H2,1H3/t19-/m0/s1. The minimum absolute atomic E-state index is 0.175. The SMILES string of the molecule is Cc1ccc(C2=NN(c3ccc(Cl)c(Cl)c3)[C@H](c3cccs3)C2)cc1. The van der Waals surface area contributed by atoms with Gasteiger partial charge in [0.15, 0.2) is 0 Å². The summed E-state index contributed by atoms with van der Waals surface area (Å²) in [7, 11) is 0. The zero-order valence-electron chi connectivity index (χ0n) is 13.6. The third-order valence-corrected chi connectivity index (χ3v) is 6.05. The Morgan fingerprint density at radius 2 is 1.84 bits per heavy atom. The molecule has 0 N–H and O–H groups in total. The van der Waals surface area contributed by atoms with Crippen molar-refractivity contribution in [3.05, 3.63) is 86.0 Å². The molecule has 25 heavy (non-hydrogen) atoms. The Hall–Kier alpha value is -1.81. The fourth-order valence-corrected chi connectivity index (χ4v) is 4.10. The number of aryl methyl sites for hydroxylation is 1. The van der Waals surface area contributed by atoms with Crippen LogP contribution >= 0.6 is 34.5 Å². The molecule has 1 aliphatic rings. The number of thiophene rings is 1. The summed E-state index contributed by atoms with van der Waals surface area (Å²) in [6.45, 7) is 2.09. The number of hydrogen-bond donors (Lipinski definition) is 0. The molecule has 2 nitrogen and oxygen atoms in total. The highest BCUT2D eigenvalue weighted by Gasteiger charge is 2.30. The third-order valence-electron chi connectivity index (χ3n) is 4.33. The summed E-state index contributed by atoms with van der Waals surface area (Å²) in [5, 5.41) is 10.2.